The van der Waals surface area contributed by atoms with Gasteiger partial charge in [-0.2, -0.15) is 9.13 Å². The van der Waals surface area contributed by atoms with Crippen molar-refractivity contribution in [2.24, 2.45) is 0 Å². The molecule has 0 aliphatic carbocycles. The minimum Gasteiger partial charge on any atom is -0.194 e. The number of benzene rings is 3. The van der Waals surface area contributed by atoms with Crippen molar-refractivity contribution in [3.05, 3.63) is 139 Å². The highest BCUT2D eigenvalue weighted by atomic mass is 15.0. The Morgan fingerprint density at radius 2 is 1.47 bits per heavy atom. The summed E-state index contributed by atoms with van der Waals surface area (Å²) in [5, 5.41) is 0. The number of nitrogens with zero attached hydrogens (tertiary/aromatic N) is 2. The maximum atomic E-state index is 4.74. The van der Waals surface area contributed by atoms with E-state index in [0.717, 1.165) is 25.0 Å². The van der Waals surface area contributed by atoms with Gasteiger partial charge >= 0.3 is 0 Å². The van der Waals surface area contributed by atoms with Crippen LogP contribution in [0.3, 0.4) is 0 Å². The van der Waals surface area contributed by atoms with Crippen molar-refractivity contribution in [1.82, 2.24) is 0 Å². The molecule has 0 bridgehead atoms. The van der Waals surface area contributed by atoms with E-state index in [1.54, 1.807) is 0 Å². The van der Waals surface area contributed by atoms with Gasteiger partial charge in [0.05, 0.1) is 6.42 Å². The lowest BCUT2D eigenvalue weighted by Gasteiger charge is -2.31. The maximum Gasteiger partial charge on any atom is 0.218 e. The van der Waals surface area contributed by atoms with Gasteiger partial charge in [0.25, 0.3) is 0 Å². The van der Waals surface area contributed by atoms with E-state index in [4.69, 9.17) is 6.58 Å². The Bertz CT molecular complexity index is 1680. The molecule has 184 valence electrons. The molecule has 2 atom stereocenters. The molecule has 38 heavy (non-hydrogen) atoms. The van der Waals surface area contributed by atoms with E-state index in [-0.39, 0.29) is 0 Å². The summed E-state index contributed by atoms with van der Waals surface area (Å²) in [4.78, 5) is 0. The summed E-state index contributed by atoms with van der Waals surface area (Å²) >= 11 is 0. The lowest BCUT2D eigenvalue weighted by molar-refractivity contribution is -0.720. The van der Waals surface area contributed by atoms with Gasteiger partial charge in [-0.05, 0) is 66.8 Å². The summed E-state index contributed by atoms with van der Waals surface area (Å²) in [5.74, 6) is 0.414. The largest absolute Gasteiger partial charge is 0.218 e. The van der Waals surface area contributed by atoms with Crippen LogP contribution in [0.25, 0.3) is 39.3 Å². The zero-order chi connectivity index (χ0) is 25.6. The molecule has 2 unspecified atom stereocenters. The number of pyridine rings is 2. The summed E-state index contributed by atoms with van der Waals surface area (Å²) < 4.78 is 4.89. The van der Waals surface area contributed by atoms with Crippen LogP contribution < -0.4 is 9.13 Å². The van der Waals surface area contributed by atoms with Gasteiger partial charge < -0.3 is 0 Å². The van der Waals surface area contributed by atoms with E-state index in [1.165, 1.54) is 50.3 Å². The predicted octanol–water partition coefficient (Wildman–Crippen LogP) is 7.72. The summed E-state index contributed by atoms with van der Waals surface area (Å²) in [6, 6.07) is 38.0. The van der Waals surface area contributed by atoms with E-state index < -0.39 is 0 Å². The number of aromatic nitrogens is 2. The van der Waals surface area contributed by atoms with Crippen LogP contribution in [0.15, 0.2) is 122 Å². The average Bonchev–Trinajstić information content (AvgIpc) is 2.97. The Kier molecular flexibility index (Phi) is 5.55. The third kappa shape index (κ3) is 3.71. The molecule has 2 aliphatic heterocycles. The number of rotatable bonds is 1. The first kappa shape index (κ1) is 22.9. The van der Waals surface area contributed by atoms with E-state index in [2.05, 4.69) is 132 Å². The molecule has 0 saturated carbocycles. The SMILES string of the molecule is C=C1CC2C(CCc3ccccc3-c3cc(C)c(-c4ccccc4)c[n+]31)c1ccccc1-c1cccc[n+]12. The Hall–Kier alpha value is -4.30. The maximum absolute atomic E-state index is 4.74. The first-order valence-corrected chi connectivity index (χ1v) is 13.7. The van der Waals surface area contributed by atoms with Crippen molar-refractivity contribution < 1.29 is 9.13 Å². The van der Waals surface area contributed by atoms with E-state index >= 15 is 0 Å². The zero-order valence-corrected chi connectivity index (χ0v) is 21.8. The van der Waals surface area contributed by atoms with Gasteiger partial charge in [0, 0.05) is 40.8 Å². The smallest absolute Gasteiger partial charge is 0.194 e. The van der Waals surface area contributed by atoms with E-state index in [9.17, 15) is 0 Å². The topological polar surface area (TPSA) is 7.76 Å². The van der Waals surface area contributed by atoms with Gasteiger partial charge in [-0.3, -0.25) is 0 Å². The van der Waals surface area contributed by atoms with E-state index in [1.807, 2.05) is 0 Å². The highest BCUT2D eigenvalue weighted by Crippen LogP contribution is 2.44. The first-order valence-electron chi connectivity index (χ1n) is 13.7. The molecule has 0 spiro atoms. The van der Waals surface area contributed by atoms with Crippen molar-refractivity contribution >= 4 is 5.70 Å². The van der Waals surface area contributed by atoms with Gasteiger partial charge in [-0.1, -0.05) is 66.7 Å². The summed E-state index contributed by atoms with van der Waals surface area (Å²) in [5.41, 5.74) is 13.0. The molecular formula is C36H32N2+2. The molecular weight excluding hydrogens is 460 g/mol. The molecule has 2 aliphatic rings. The lowest BCUT2D eigenvalue weighted by atomic mass is 9.77. The van der Waals surface area contributed by atoms with Gasteiger partial charge in [-0.15, -0.1) is 0 Å². The molecule has 0 N–H and O–H groups in total. The van der Waals surface area contributed by atoms with Crippen LogP contribution in [0, 0.1) is 6.92 Å². The van der Waals surface area contributed by atoms with Gasteiger partial charge in [-0.25, -0.2) is 0 Å². The molecule has 3 aromatic carbocycles. The summed E-state index contributed by atoms with van der Waals surface area (Å²) in [6.07, 6.45) is 7.63. The second-order valence-electron chi connectivity index (χ2n) is 10.7. The van der Waals surface area contributed by atoms with Gasteiger partial charge in [0.15, 0.2) is 24.1 Å². The van der Waals surface area contributed by atoms with Gasteiger partial charge in [0.2, 0.25) is 11.4 Å². The van der Waals surface area contributed by atoms with Crippen LogP contribution in [-0.2, 0) is 6.42 Å². The number of aryl methyl sites for hydroxylation is 2. The lowest BCUT2D eigenvalue weighted by Crippen LogP contribution is -2.49. The fourth-order valence-electron chi connectivity index (χ4n) is 6.70. The molecule has 0 amide bonds. The third-order valence-corrected chi connectivity index (χ3v) is 8.53. The van der Waals surface area contributed by atoms with Crippen molar-refractivity contribution in [3.8, 4) is 33.6 Å². The molecule has 2 heteroatoms. The van der Waals surface area contributed by atoms with Crippen molar-refractivity contribution in [1.29, 1.82) is 0 Å². The Morgan fingerprint density at radius 3 is 2.34 bits per heavy atom. The molecule has 7 rings (SSSR count). The van der Waals surface area contributed by atoms with Crippen molar-refractivity contribution in [3.63, 3.8) is 0 Å². The Balaban J connectivity index is 1.45. The molecule has 0 fully saturated rings. The number of allylic oxidation sites excluding steroid dienone is 1. The summed E-state index contributed by atoms with van der Waals surface area (Å²) in [7, 11) is 0. The molecule has 4 heterocycles. The second kappa shape index (κ2) is 9.22. The van der Waals surface area contributed by atoms with Crippen LogP contribution in [-0.4, -0.2) is 0 Å². The first-order chi connectivity index (χ1) is 18.7. The molecule has 2 aromatic heterocycles. The number of hydrogen-bond acceptors (Lipinski definition) is 0. The number of fused-ring (bicyclic) bond motifs is 9. The molecule has 0 radical (unpaired) electrons. The van der Waals surface area contributed by atoms with Crippen molar-refractivity contribution in [2.45, 2.75) is 38.1 Å². The fourth-order valence-corrected chi connectivity index (χ4v) is 6.70. The minimum atomic E-state index is 0.306. The van der Waals surface area contributed by atoms with Crippen LogP contribution in [0.5, 0.6) is 0 Å². The predicted molar refractivity (Wildman–Crippen MR) is 154 cm³/mol. The van der Waals surface area contributed by atoms with Crippen molar-refractivity contribution in [2.75, 3.05) is 0 Å². The van der Waals surface area contributed by atoms with E-state index in [0.29, 0.717) is 12.0 Å². The zero-order valence-electron chi connectivity index (χ0n) is 21.8. The molecule has 5 aromatic rings. The quantitative estimate of drug-likeness (QED) is 0.212. The second-order valence-corrected chi connectivity index (χ2v) is 10.7. The Labute approximate surface area is 225 Å². The standard InChI is InChI=1S/C36H32N2/c1-25-22-35-29-15-7-6-14-28(29)19-20-32-30-16-8-9-17-31(30)34-18-10-11-21-37(34)36(32)23-26(2)38(35)24-33(25)27-12-4-3-5-13-27/h3-18,21-22,24,32,36H,2,19-20,23H2,1H3/q+2. The van der Waals surface area contributed by atoms with Crippen LogP contribution in [0.4, 0.5) is 0 Å². The average molecular weight is 493 g/mol. The van der Waals surface area contributed by atoms with Gasteiger partial charge in [0.1, 0.15) is 0 Å². The number of hydrogen-bond donors (Lipinski definition) is 0. The van der Waals surface area contributed by atoms with Crippen LogP contribution >= 0.6 is 0 Å². The van der Waals surface area contributed by atoms with Crippen LogP contribution in [0.2, 0.25) is 0 Å². The minimum absolute atomic E-state index is 0.306. The monoisotopic (exact) mass is 492 g/mol. The molecule has 2 nitrogen and oxygen atoms in total. The highest BCUT2D eigenvalue weighted by molar-refractivity contribution is 5.71. The normalized spacial score (nSPS) is 17.9. The fraction of sp³-hybridized carbons (Fsp3) is 0.167. The molecule has 0 saturated heterocycles. The summed E-state index contributed by atoms with van der Waals surface area (Å²) in [6.45, 7) is 6.97. The van der Waals surface area contributed by atoms with Crippen LogP contribution in [0.1, 0.15) is 41.5 Å². The highest BCUT2D eigenvalue weighted by Gasteiger charge is 2.42. The Morgan fingerprint density at radius 1 is 0.737 bits per heavy atom. The third-order valence-electron chi connectivity index (χ3n) is 8.53.